The van der Waals surface area contributed by atoms with Crippen molar-refractivity contribution < 1.29 is 0 Å². The molecule has 2 aliphatic carbocycles. The highest BCUT2D eigenvalue weighted by atomic mass is 32.1. The molecule has 1 aromatic heterocycles. The number of rotatable bonds is 5. The summed E-state index contributed by atoms with van der Waals surface area (Å²) in [4.78, 5) is 7.84. The van der Waals surface area contributed by atoms with Crippen molar-refractivity contribution in [1.82, 2.24) is 4.98 Å². The molecule has 0 bridgehead atoms. The van der Waals surface area contributed by atoms with Gasteiger partial charge in [0.25, 0.3) is 0 Å². The number of fused-ring (bicyclic) bond motifs is 1. The zero-order chi connectivity index (χ0) is 14.8. The van der Waals surface area contributed by atoms with Crippen LogP contribution in [0.1, 0.15) is 55.8 Å². The van der Waals surface area contributed by atoms with Crippen molar-refractivity contribution in [1.29, 1.82) is 0 Å². The molecule has 114 valence electrons. The number of aryl methyl sites for hydroxylation is 2. The van der Waals surface area contributed by atoms with Gasteiger partial charge >= 0.3 is 0 Å². The molecule has 2 N–H and O–H groups in total. The molecule has 0 spiro atoms. The van der Waals surface area contributed by atoms with Crippen LogP contribution in [0.3, 0.4) is 0 Å². The number of hydrogen-bond donors (Lipinski definition) is 1. The fraction of sp³-hybridized carbons (Fsp3) is 0.647. The maximum Gasteiger partial charge on any atom is 0.139 e. The SMILES string of the molecule is CCN(CC1CCC1)c1nc2c(cc1C(N)=S)CCCC2. The largest absolute Gasteiger partial charge is 0.389 e. The Bertz CT molecular complexity index is 537. The van der Waals surface area contributed by atoms with Gasteiger partial charge in [-0.05, 0) is 63.0 Å². The predicted octanol–water partition coefficient (Wildman–Crippen LogP) is 3.22. The van der Waals surface area contributed by atoms with Crippen molar-refractivity contribution in [2.24, 2.45) is 11.7 Å². The van der Waals surface area contributed by atoms with Gasteiger partial charge in [0.15, 0.2) is 0 Å². The van der Waals surface area contributed by atoms with E-state index in [1.165, 1.54) is 43.4 Å². The van der Waals surface area contributed by atoms with E-state index in [2.05, 4.69) is 17.9 Å². The Morgan fingerprint density at radius 3 is 2.71 bits per heavy atom. The second-order valence-corrected chi connectivity index (χ2v) is 6.81. The van der Waals surface area contributed by atoms with Crippen LogP contribution in [0.2, 0.25) is 0 Å². The highest BCUT2D eigenvalue weighted by molar-refractivity contribution is 7.80. The molecule has 3 nitrogen and oxygen atoms in total. The van der Waals surface area contributed by atoms with E-state index in [0.717, 1.165) is 43.2 Å². The lowest BCUT2D eigenvalue weighted by Gasteiger charge is -2.34. The number of nitrogens with zero attached hydrogens (tertiary/aromatic N) is 2. The normalized spacial score (nSPS) is 18.0. The van der Waals surface area contributed by atoms with E-state index in [4.69, 9.17) is 22.9 Å². The summed E-state index contributed by atoms with van der Waals surface area (Å²) >= 11 is 5.29. The van der Waals surface area contributed by atoms with Crippen LogP contribution < -0.4 is 10.6 Å². The lowest BCUT2D eigenvalue weighted by Crippen LogP contribution is -2.35. The minimum Gasteiger partial charge on any atom is -0.389 e. The predicted molar refractivity (Wildman–Crippen MR) is 92.0 cm³/mol. The van der Waals surface area contributed by atoms with Gasteiger partial charge in [-0.15, -0.1) is 0 Å². The fourth-order valence-corrected chi connectivity index (χ4v) is 3.55. The third-order valence-electron chi connectivity index (χ3n) is 4.93. The van der Waals surface area contributed by atoms with Crippen molar-refractivity contribution in [3.63, 3.8) is 0 Å². The second-order valence-electron chi connectivity index (χ2n) is 6.37. The molecule has 21 heavy (non-hydrogen) atoms. The average molecular weight is 303 g/mol. The summed E-state index contributed by atoms with van der Waals surface area (Å²) < 4.78 is 0. The molecule has 0 unspecified atom stereocenters. The van der Waals surface area contributed by atoms with Gasteiger partial charge in [-0.25, -0.2) is 4.98 Å². The third kappa shape index (κ3) is 3.05. The van der Waals surface area contributed by atoms with Crippen molar-refractivity contribution in [2.45, 2.75) is 51.9 Å². The number of hydrogen-bond acceptors (Lipinski definition) is 3. The summed E-state index contributed by atoms with van der Waals surface area (Å²) in [5.41, 5.74) is 9.58. The lowest BCUT2D eigenvalue weighted by atomic mass is 9.85. The van der Waals surface area contributed by atoms with Gasteiger partial charge in [0.1, 0.15) is 10.8 Å². The maximum atomic E-state index is 5.98. The average Bonchev–Trinajstić information content (AvgIpc) is 2.45. The molecule has 4 heteroatoms. The van der Waals surface area contributed by atoms with E-state index < -0.39 is 0 Å². The Labute approximate surface area is 132 Å². The molecule has 2 aliphatic rings. The van der Waals surface area contributed by atoms with E-state index in [-0.39, 0.29) is 0 Å². The topological polar surface area (TPSA) is 42.2 Å². The smallest absolute Gasteiger partial charge is 0.139 e. The standard InChI is InChI=1S/C17H25N3S/c1-2-20(11-12-6-5-7-12)17-14(16(18)21)10-13-8-3-4-9-15(13)19-17/h10,12H,2-9,11H2,1H3,(H2,18,21). The molecule has 0 atom stereocenters. The second kappa shape index (κ2) is 6.30. The zero-order valence-electron chi connectivity index (χ0n) is 12.9. The van der Waals surface area contributed by atoms with Crippen LogP contribution in [-0.2, 0) is 12.8 Å². The summed E-state index contributed by atoms with van der Waals surface area (Å²) in [6.07, 6.45) is 8.80. The Morgan fingerprint density at radius 2 is 2.10 bits per heavy atom. The molecular weight excluding hydrogens is 278 g/mol. The molecule has 1 aromatic rings. The molecule has 0 aliphatic heterocycles. The van der Waals surface area contributed by atoms with Gasteiger partial charge < -0.3 is 10.6 Å². The first kappa shape index (κ1) is 14.8. The van der Waals surface area contributed by atoms with E-state index in [1.807, 2.05) is 0 Å². The van der Waals surface area contributed by atoms with Crippen molar-refractivity contribution in [3.8, 4) is 0 Å². The Hall–Kier alpha value is -1.16. The molecule has 0 saturated heterocycles. The zero-order valence-corrected chi connectivity index (χ0v) is 13.7. The first-order valence-corrected chi connectivity index (χ1v) is 8.67. The first-order chi connectivity index (χ1) is 10.2. The number of nitrogens with two attached hydrogens (primary N) is 1. The molecule has 0 amide bonds. The van der Waals surface area contributed by atoms with Crippen LogP contribution in [0.15, 0.2) is 6.07 Å². The summed E-state index contributed by atoms with van der Waals surface area (Å²) in [6, 6.07) is 2.21. The van der Waals surface area contributed by atoms with E-state index in [1.54, 1.807) is 0 Å². The minimum atomic E-state index is 0.484. The molecule has 3 rings (SSSR count). The number of aromatic nitrogens is 1. The number of anilines is 1. The van der Waals surface area contributed by atoms with Crippen LogP contribution in [0.4, 0.5) is 5.82 Å². The van der Waals surface area contributed by atoms with Crippen LogP contribution in [0.5, 0.6) is 0 Å². The van der Waals surface area contributed by atoms with Crippen molar-refractivity contribution >= 4 is 23.0 Å². The maximum absolute atomic E-state index is 5.98. The molecule has 0 aromatic carbocycles. The summed E-state index contributed by atoms with van der Waals surface area (Å²) in [5, 5.41) is 0. The molecule has 1 saturated carbocycles. The Morgan fingerprint density at radius 1 is 1.33 bits per heavy atom. The third-order valence-corrected chi connectivity index (χ3v) is 5.15. The van der Waals surface area contributed by atoms with Crippen LogP contribution in [0.25, 0.3) is 0 Å². The van der Waals surface area contributed by atoms with Crippen LogP contribution in [-0.4, -0.2) is 23.1 Å². The van der Waals surface area contributed by atoms with Gasteiger partial charge in [0.2, 0.25) is 0 Å². The summed E-state index contributed by atoms with van der Waals surface area (Å²) in [7, 11) is 0. The molecule has 0 radical (unpaired) electrons. The van der Waals surface area contributed by atoms with E-state index >= 15 is 0 Å². The highest BCUT2D eigenvalue weighted by Crippen LogP contribution is 2.31. The quantitative estimate of drug-likeness (QED) is 0.848. The lowest BCUT2D eigenvalue weighted by molar-refractivity contribution is 0.318. The Kier molecular flexibility index (Phi) is 4.43. The van der Waals surface area contributed by atoms with Crippen LogP contribution in [0, 0.1) is 5.92 Å². The highest BCUT2D eigenvalue weighted by Gasteiger charge is 2.24. The van der Waals surface area contributed by atoms with E-state index in [9.17, 15) is 0 Å². The molecule has 1 fully saturated rings. The van der Waals surface area contributed by atoms with Crippen LogP contribution >= 0.6 is 12.2 Å². The number of thiocarbonyl (C=S) groups is 1. The van der Waals surface area contributed by atoms with E-state index in [0.29, 0.717) is 4.99 Å². The van der Waals surface area contributed by atoms with Gasteiger partial charge in [-0.1, -0.05) is 18.6 Å². The summed E-state index contributed by atoms with van der Waals surface area (Å²) in [5.74, 6) is 1.85. The monoisotopic (exact) mass is 303 g/mol. The van der Waals surface area contributed by atoms with Gasteiger partial charge in [-0.3, -0.25) is 0 Å². The van der Waals surface area contributed by atoms with Gasteiger partial charge in [-0.2, -0.15) is 0 Å². The Balaban J connectivity index is 1.95. The summed E-state index contributed by atoms with van der Waals surface area (Å²) in [6.45, 7) is 4.26. The number of pyridine rings is 1. The molecular formula is C17H25N3S. The molecule has 1 heterocycles. The fourth-order valence-electron chi connectivity index (χ4n) is 3.40. The minimum absolute atomic E-state index is 0.484. The van der Waals surface area contributed by atoms with Crippen molar-refractivity contribution in [3.05, 3.63) is 22.9 Å². The van der Waals surface area contributed by atoms with Crippen molar-refractivity contribution in [2.75, 3.05) is 18.0 Å². The first-order valence-electron chi connectivity index (χ1n) is 8.26. The van der Waals surface area contributed by atoms with Gasteiger partial charge in [0.05, 0.1) is 5.56 Å². The van der Waals surface area contributed by atoms with Gasteiger partial charge in [0, 0.05) is 18.8 Å².